The number of rotatable bonds is 9. The van der Waals surface area contributed by atoms with Crippen molar-refractivity contribution >= 4 is 21.5 Å². The van der Waals surface area contributed by atoms with Crippen molar-refractivity contribution in [2.24, 2.45) is 0 Å². The number of nitrogens with one attached hydrogen (secondary N) is 2. The van der Waals surface area contributed by atoms with Gasteiger partial charge >= 0.3 is 0 Å². The summed E-state index contributed by atoms with van der Waals surface area (Å²) < 4.78 is 47.1. The van der Waals surface area contributed by atoms with E-state index in [0.29, 0.717) is 23.7 Å². The first kappa shape index (κ1) is 21.6. The second kappa shape index (κ2) is 9.64. The maximum Gasteiger partial charge on any atom is 0.240 e. The van der Waals surface area contributed by atoms with Crippen LogP contribution in [0.5, 0.6) is 0 Å². The number of aromatic nitrogens is 4. The highest BCUT2D eigenvalue weighted by Gasteiger charge is 2.15. The van der Waals surface area contributed by atoms with Crippen molar-refractivity contribution in [1.29, 1.82) is 0 Å². The number of morpholine rings is 1. The third kappa shape index (κ3) is 5.53. The second-order valence-electron chi connectivity index (χ2n) is 7.09. The molecule has 3 heterocycles. The molecule has 1 aliphatic heterocycles. The van der Waals surface area contributed by atoms with Crippen LogP contribution in [0.3, 0.4) is 0 Å². The minimum Gasteiger partial charge on any atom is -0.379 e. The number of benzene rings is 1. The highest BCUT2D eigenvalue weighted by Crippen LogP contribution is 2.11. The van der Waals surface area contributed by atoms with E-state index in [1.165, 1.54) is 12.1 Å². The van der Waals surface area contributed by atoms with Crippen LogP contribution in [0, 0.1) is 5.82 Å². The molecular weight excluding hydrogens is 425 g/mol. The van der Waals surface area contributed by atoms with Gasteiger partial charge in [-0.15, -0.1) is 15.3 Å². The number of fused-ring (bicyclic) bond motifs is 1. The lowest BCUT2D eigenvalue weighted by Crippen LogP contribution is -2.39. The minimum atomic E-state index is -3.73. The van der Waals surface area contributed by atoms with Gasteiger partial charge in [-0.2, -0.15) is 4.52 Å². The molecule has 2 N–H and O–H groups in total. The van der Waals surface area contributed by atoms with Gasteiger partial charge in [0.15, 0.2) is 11.5 Å². The Labute approximate surface area is 179 Å². The lowest BCUT2D eigenvalue weighted by molar-refractivity contribution is 0.0398. The molecule has 12 heteroatoms. The second-order valence-corrected chi connectivity index (χ2v) is 8.85. The molecule has 2 aromatic heterocycles. The molecular formula is C19H24FN7O3S. The number of halogens is 1. The molecule has 0 spiro atoms. The normalized spacial score (nSPS) is 15.4. The Morgan fingerprint density at radius 2 is 1.81 bits per heavy atom. The summed E-state index contributed by atoms with van der Waals surface area (Å²) >= 11 is 0. The van der Waals surface area contributed by atoms with Crippen LogP contribution in [0.4, 0.5) is 10.2 Å². The monoisotopic (exact) mass is 449 g/mol. The Balaban J connectivity index is 1.34. The Bertz CT molecular complexity index is 1120. The minimum absolute atomic E-state index is 0.00452. The number of anilines is 1. The van der Waals surface area contributed by atoms with Crippen LogP contribution >= 0.6 is 0 Å². The first-order valence-electron chi connectivity index (χ1n) is 10.0. The summed E-state index contributed by atoms with van der Waals surface area (Å²) in [5.41, 5.74) is 0.579. The van der Waals surface area contributed by atoms with E-state index in [1.807, 2.05) is 12.1 Å². The van der Waals surface area contributed by atoms with Gasteiger partial charge in [0.2, 0.25) is 10.0 Å². The molecule has 0 atom stereocenters. The fraction of sp³-hybridized carbons (Fsp3) is 0.421. The summed E-state index contributed by atoms with van der Waals surface area (Å²) in [4.78, 5) is 2.33. The van der Waals surface area contributed by atoms with Gasteiger partial charge < -0.3 is 10.1 Å². The molecule has 31 heavy (non-hydrogen) atoms. The van der Waals surface area contributed by atoms with Gasteiger partial charge in [-0.1, -0.05) is 0 Å². The van der Waals surface area contributed by atoms with Gasteiger partial charge in [0, 0.05) is 39.1 Å². The molecule has 1 aromatic carbocycles. The molecule has 4 rings (SSSR count). The molecule has 3 aromatic rings. The smallest absolute Gasteiger partial charge is 0.240 e. The van der Waals surface area contributed by atoms with Crippen molar-refractivity contribution in [2.75, 3.05) is 51.3 Å². The fourth-order valence-electron chi connectivity index (χ4n) is 3.24. The lowest BCUT2D eigenvalue weighted by atomic mass is 10.4. The van der Waals surface area contributed by atoms with Gasteiger partial charge in [-0.3, -0.25) is 4.90 Å². The molecule has 1 saturated heterocycles. The van der Waals surface area contributed by atoms with E-state index in [0.717, 1.165) is 51.5 Å². The van der Waals surface area contributed by atoms with Gasteiger partial charge in [0.1, 0.15) is 11.6 Å². The van der Waals surface area contributed by atoms with E-state index >= 15 is 0 Å². The van der Waals surface area contributed by atoms with Crippen molar-refractivity contribution in [3.05, 3.63) is 48.0 Å². The van der Waals surface area contributed by atoms with Gasteiger partial charge in [0.25, 0.3) is 0 Å². The topological polar surface area (TPSA) is 114 Å². The summed E-state index contributed by atoms with van der Waals surface area (Å²) in [6.45, 7) is 5.13. The summed E-state index contributed by atoms with van der Waals surface area (Å²) in [6.07, 6.45) is 0.297. The highest BCUT2D eigenvalue weighted by atomic mass is 32.2. The van der Waals surface area contributed by atoms with E-state index < -0.39 is 15.8 Å². The fourth-order valence-corrected chi connectivity index (χ4v) is 4.28. The van der Waals surface area contributed by atoms with E-state index in [4.69, 9.17) is 4.74 Å². The first-order valence-corrected chi connectivity index (χ1v) is 11.5. The zero-order valence-electron chi connectivity index (χ0n) is 16.9. The molecule has 0 bridgehead atoms. The molecule has 10 nitrogen and oxygen atoms in total. The van der Waals surface area contributed by atoms with Crippen LogP contribution in [-0.4, -0.2) is 79.1 Å². The van der Waals surface area contributed by atoms with Crippen molar-refractivity contribution < 1.29 is 17.5 Å². The van der Waals surface area contributed by atoms with E-state index in [1.54, 1.807) is 4.52 Å². The molecule has 1 fully saturated rings. The predicted molar refractivity (Wildman–Crippen MR) is 112 cm³/mol. The van der Waals surface area contributed by atoms with Crippen LogP contribution in [0.25, 0.3) is 5.65 Å². The standard InChI is InChI=1S/C19H24FN7O3S/c20-15-1-3-16(4-2-15)31(28,29)22-8-7-19-24-23-18-6-5-17(25-27(18)19)21-9-10-26-11-13-30-14-12-26/h1-6,22H,7-14H2,(H,21,25). The SMILES string of the molecule is O=S(=O)(NCCc1nnc2ccc(NCCN3CCOCC3)nn12)c1ccc(F)cc1. The molecule has 0 aliphatic carbocycles. The number of ether oxygens (including phenoxy) is 1. The molecule has 1 aliphatic rings. The van der Waals surface area contributed by atoms with Crippen molar-refractivity contribution in [1.82, 2.24) is 29.4 Å². The Hall–Kier alpha value is -2.67. The summed E-state index contributed by atoms with van der Waals surface area (Å²) in [5, 5.41) is 16.0. The van der Waals surface area contributed by atoms with Crippen LogP contribution < -0.4 is 10.0 Å². The molecule has 0 amide bonds. The average Bonchev–Trinajstić information content (AvgIpc) is 3.17. The number of hydrogen-bond acceptors (Lipinski definition) is 8. The van der Waals surface area contributed by atoms with Crippen LogP contribution in [0.1, 0.15) is 5.82 Å². The largest absolute Gasteiger partial charge is 0.379 e. The average molecular weight is 450 g/mol. The van der Waals surface area contributed by atoms with Gasteiger partial charge in [-0.25, -0.2) is 17.5 Å². The Morgan fingerprint density at radius 3 is 2.58 bits per heavy atom. The third-order valence-corrected chi connectivity index (χ3v) is 6.41. The quantitative estimate of drug-likeness (QED) is 0.486. The van der Waals surface area contributed by atoms with Crippen molar-refractivity contribution in [3.63, 3.8) is 0 Å². The molecule has 0 saturated carbocycles. The van der Waals surface area contributed by atoms with Crippen molar-refractivity contribution in [2.45, 2.75) is 11.3 Å². The zero-order chi connectivity index (χ0) is 21.7. The van der Waals surface area contributed by atoms with E-state index in [9.17, 15) is 12.8 Å². The predicted octanol–water partition coefficient (Wildman–Crippen LogP) is 0.528. The maximum atomic E-state index is 13.0. The molecule has 166 valence electrons. The maximum absolute atomic E-state index is 13.0. The van der Waals surface area contributed by atoms with Crippen LogP contribution in [0.15, 0.2) is 41.3 Å². The molecule has 0 radical (unpaired) electrons. The van der Waals surface area contributed by atoms with Crippen LogP contribution in [0.2, 0.25) is 0 Å². The van der Waals surface area contributed by atoms with Crippen LogP contribution in [-0.2, 0) is 21.2 Å². The van der Waals surface area contributed by atoms with E-state index in [2.05, 4.69) is 30.2 Å². The highest BCUT2D eigenvalue weighted by molar-refractivity contribution is 7.89. The van der Waals surface area contributed by atoms with E-state index in [-0.39, 0.29) is 11.4 Å². The Kier molecular flexibility index (Phi) is 6.70. The third-order valence-electron chi connectivity index (χ3n) is 4.93. The molecule has 0 unspecified atom stereocenters. The first-order chi connectivity index (χ1) is 15.0. The summed E-state index contributed by atoms with van der Waals surface area (Å²) in [5.74, 6) is 0.733. The van der Waals surface area contributed by atoms with Gasteiger partial charge in [0.05, 0.1) is 18.1 Å². The number of sulfonamides is 1. The number of hydrogen-bond donors (Lipinski definition) is 2. The zero-order valence-corrected chi connectivity index (χ0v) is 17.7. The number of nitrogens with zero attached hydrogens (tertiary/aromatic N) is 5. The summed E-state index contributed by atoms with van der Waals surface area (Å²) in [7, 11) is -3.73. The van der Waals surface area contributed by atoms with Crippen molar-refractivity contribution in [3.8, 4) is 0 Å². The lowest BCUT2D eigenvalue weighted by Gasteiger charge is -2.26. The summed E-state index contributed by atoms with van der Waals surface area (Å²) in [6, 6.07) is 8.31. The Morgan fingerprint density at radius 1 is 1.03 bits per heavy atom. The van der Waals surface area contributed by atoms with Gasteiger partial charge in [-0.05, 0) is 36.4 Å².